The lowest BCUT2D eigenvalue weighted by molar-refractivity contribution is -0.131. The lowest BCUT2D eigenvalue weighted by atomic mass is 10.0. The molecule has 0 aliphatic carbocycles. The molecule has 1 aromatic rings. The Morgan fingerprint density at radius 2 is 1.78 bits per heavy atom. The van der Waals surface area contributed by atoms with Gasteiger partial charge in [0, 0.05) is 33.1 Å². The molecule has 1 N–H and O–H groups in total. The predicted molar refractivity (Wildman–Crippen MR) is 90.9 cm³/mol. The zero-order chi connectivity index (χ0) is 16.7. The van der Waals surface area contributed by atoms with E-state index in [1.807, 2.05) is 23.1 Å². The SMILES string of the molecule is CCC[C@H](NC(=O)CN1CCN(C(C)=O)CC1)c1ccccc1. The Balaban J connectivity index is 1.84. The topological polar surface area (TPSA) is 52.7 Å². The van der Waals surface area contributed by atoms with Crippen molar-refractivity contribution in [1.82, 2.24) is 15.1 Å². The van der Waals surface area contributed by atoms with Crippen LogP contribution in [0, 0.1) is 0 Å². The van der Waals surface area contributed by atoms with E-state index in [4.69, 9.17) is 0 Å². The number of piperazine rings is 1. The quantitative estimate of drug-likeness (QED) is 0.870. The van der Waals surface area contributed by atoms with Gasteiger partial charge < -0.3 is 10.2 Å². The monoisotopic (exact) mass is 317 g/mol. The van der Waals surface area contributed by atoms with Crippen molar-refractivity contribution in [3.8, 4) is 0 Å². The second-order valence-electron chi connectivity index (χ2n) is 6.10. The van der Waals surface area contributed by atoms with E-state index in [1.165, 1.54) is 0 Å². The van der Waals surface area contributed by atoms with Crippen LogP contribution in [0.3, 0.4) is 0 Å². The molecule has 1 aliphatic heterocycles. The lowest BCUT2D eigenvalue weighted by Crippen LogP contribution is -2.50. The highest BCUT2D eigenvalue weighted by atomic mass is 16.2. The molecule has 0 bridgehead atoms. The molecule has 0 unspecified atom stereocenters. The summed E-state index contributed by atoms with van der Waals surface area (Å²) in [5.41, 5.74) is 1.16. The number of carbonyl (C=O) groups excluding carboxylic acids is 2. The van der Waals surface area contributed by atoms with Crippen LogP contribution >= 0.6 is 0 Å². The Labute approximate surface area is 138 Å². The van der Waals surface area contributed by atoms with Gasteiger partial charge in [-0.15, -0.1) is 0 Å². The van der Waals surface area contributed by atoms with Crippen molar-refractivity contribution in [3.63, 3.8) is 0 Å². The van der Waals surface area contributed by atoms with Crippen molar-refractivity contribution < 1.29 is 9.59 Å². The average molecular weight is 317 g/mol. The molecular weight excluding hydrogens is 290 g/mol. The van der Waals surface area contributed by atoms with Gasteiger partial charge in [0.15, 0.2) is 0 Å². The first kappa shape index (κ1) is 17.5. The maximum Gasteiger partial charge on any atom is 0.234 e. The largest absolute Gasteiger partial charge is 0.348 e. The van der Waals surface area contributed by atoms with Gasteiger partial charge in [-0.1, -0.05) is 43.7 Å². The van der Waals surface area contributed by atoms with E-state index >= 15 is 0 Å². The Kier molecular flexibility index (Phi) is 6.59. The molecule has 0 saturated carbocycles. The van der Waals surface area contributed by atoms with Crippen LogP contribution in [0.4, 0.5) is 0 Å². The third kappa shape index (κ3) is 5.36. The van der Waals surface area contributed by atoms with Crippen molar-refractivity contribution in [1.29, 1.82) is 0 Å². The number of amides is 2. The normalized spacial score (nSPS) is 16.9. The number of nitrogens with one attached hydrogen (secondary N) is 1. The summed E-state index contributed by atoms with van der Waals surface area (Å²) in [6.45, 7) is 7.06. The summed E-state index contributed by atoms with van der Waals surface area (Å²) in [4.78, 5) is 27.6. The molecule has 126 valence electrons. The molecule has 1 saturated heterocycles. The molecule has 1 aromatic carbocycles. The highest BCUT2D eigenvalue weighted by molar-refractivity contribution is 5.78. The van der Waals surface area contributed by atoms with Crippen LogP contribution in [0.15, 0.2) is 30.3 Å². The minimum Gasteiger partial charge on any atom is -0.348 e. The molecule has 1 heterocycles. The smallest absolute Gasteiger partial charge is 0.234 e. The van der Waals surface area contributed by atoms with Crippen LogP contribution < -0.4 is 5.32 Å². The van der Waals surface area contributed by atoms with Crippen LogP contribution in [-0.2, 0) is 9.59 Å². The van der Waals surface area contributed by atoms with Crippen molar-refractivity contribution in [2.24, 2.45) is 0 Å². The van der Waals surface area contributed by atoms with Gasteiger partial charge in [0.05, 0.1) is 12.6 Å². The Morgan fingerprint density at radius 3 is 2.35 bits per heavy atom. The van der Waals surface area contributed by atoms with Crippen LogP contribution in [0.2, 0.25) is 0 Å². The van der Waals surface area contributed by atoms with Gasteiger partial charge in [0.1, 0.15) is 0 Å². The van der Waals surface area contributed by atoms with Gasteiger partial charge in [-0.2, -0.15) is 0 Å². The molecule has 1 aliphatic rings. The van der Waals surface area contributed by atoms with Crippen molar-refractivity contribution in [2.45, 2.75) is 32.7 Å². The standard InChI is InChI=1S/C18H27N3O2/c1-3-7-17(16-8-5-4-6-9-16)19-18(23)14-20-10-12-21(13-11-20)15(2)22/h4-6,8-9,17H,3,7,10-14H2,1-2H3,(H,19,23)/t17-/m0/s1. The number of rotatable bonds is 6. The summed E-state index contributed by atoms with van der Waals surface area (Å²) in [5.74, 6) is 0.171. The molecular formula is C18H27N3O2. The molecule has 2 rings (SSSR count). The van der Waals surface area contributed by atoms with Crippen LogP contribution in [0.1, 0.15) is 38.3 Å². The molecule has 0 aromatic heterocycles. The first-order valence-electron chi connectivity index (χ1n) is 8.42. The number of carbonyl (C=O) groups is 2. The Bertz CT molecular complexity index is 510. The fraction of sp³-hybridized carbons (Fsp3) is 0.556. The minimum atomic E-state index is 0.0589. The zero-order valence-electron chi connectivity index (χ0n) is 14.1. The third-order valence-corrected chi connectivity index (χ3v) is 4.30. The molecule has 1 atom stereocenters. The number of benzene rings is 1. The van der Waals surface area contributed by atoms with Crippen molar-refractivity contribution >= 4 is 11.8 Å². The van der Waals surface area contributed by atoms with E-state index in [1.54, 1.807) is 6.92 Å². The summed E-state index contributed by atoms with van der Waals surface area (Å²) in [5, 5.41) is 3.15. The molecule has 1 fully saturated rings. The summed E-state index contributed by atoms with van der Waals surface area (Å²) in [7, 11) is 0. The number of nitrogens with zero attached hydrogens (tertiary/aromatic N) is 2. The predicted octanol–water partition coefficient (Wildman–Crippen LogP) is 1.81. The van der Waals surface area contributed by atoms with E-state index in [2.05, 4.69) is 29.3 Å². The Morgan fingerprint density at radius 1 is 1.13 bits per heavy atom. The van der Waals surface area contributed by atoms with Gasteiger partial charge >= 0.3 is 0 Å². The first-order chi connectivity index (χ1) is 11.1. The van der Waals surface area contributed by atoms with Gasteiger partial charge in [0.2, 0.25) is 11.8 Å². The van der Waals surface area contributed by atoms with Gasteiger partial charge in [-0.3, -0.25) is 14.5 Å². The summed E-state index contributed by atoms with van der Waals surface area (Å²) in [6, 6.07) is 10.2. The average Bonchev–Trinajstić information content (AvgIpc) is 2.55. The van der Waals surface area contributed by atoms with Crippen LogP contribution in [0.5, 0.6) is 0 Å². The summed E-state index contributed by atoms with van der Waals surface area (Å²) in [6.07, 6.45) is 1.96. The summed E-state index contributed by atoms with van der Waals surface area (Å²) < 4.78 is 0. The molecule has 23 heavy (non-hydrogen) atoms. The minimum absolute atomic E-state index is 0.0589. The van der Waals surface area contributed by atoms with Gasteiger partial charge in [0.25, 0.3) is 0 Å². The molecule has 2 amide bonds. The van der Waals surface area contributed by atoms with E-state index in [9.17, 15) is 9.59 Å². The highest BCUT2D eigenvalue weighted by Gasteiger charge is 2.21. The highest BCUT2D eigenvalue weighted by Crippen LogP contribution is 2.18. The fourth-order valence-electron chi connectivity index (χ4n) is 2.96. The number of hydrogen-bond donors (Lipinski definition) is 1. The maximum absolute atomic E-state index is 12.4. The zero-order valence-corrected chi connectivity index (χ0v) is 14.1. The number of hydrogen-bond acceptors (Lipinski definition) is 3. The van der Waals surface area contributed by atoms with Crippen LogP contribution in [-0.4, -0.2) is 54.3 Å². The van der Waals surface area contributed by atoms with E-state index in [0.717, 1.165) is 31.5 Å². The van der Waals surface area contributed by atoms with E-state index < -0.39 is 0 Å². The second-order valence-corrected chi connectivity index (χ2v) is 6.10. The molecule has 5 nitrogen and oxygen atoms in total. The molecule has 5 heteroatoms. The third-order valence-electron chi connectivity index (χ3n) is 4.30. The second kappa shape index (κ2) is 8.67. The maximum atomic E-state index is 12.4. The van der Waals surface area contributed by atoms with Crippen molar-refractivity contribution in [3.05, 3.63) is 35.9 Å². The van der Waals surface area contributed by atoms with Gasteiger partial charge in [-0.25, -0.2) is 0 Å². The van der Waals surface area contributed by atoms with Crippen LogP contribution in [0.25, 0.3) is 0 Å². The van der Waals surface area contributed by atoms with E-state index in [-0.39, 0.29) is 17.9 Å². The Hall–Kier alpha value is -1.88. The van der Waals surface area contributed by atoms with Crippen molar-refractivity contribution in [2.75, 3.05) is 32.7 Å². The lowest BCUT2D eigenvalue weighted by Gasteiger charge is -2.34. The molecule has 0 spiro atoms. The fourth-order valence-corrected chi connectivity index (χ4v) is 2.96. The van der Waals surface area contributed by atoms with Gasteiger partial charge in [-0.05, 0) is 12.0 Å². The molecule has 0 radical (unpaired) electrons. The summed E-state index contributed by atoms with van der Waals surface area (Å²) >= 11 is 0. The first-order valence-corrected chi connectivity index (χ1v) is 8.42. The van der Waals surface area contributed by atoms with E-state index in [0.29, 0.717) is 19.6 Å².